The van der Waals surface area contributed by atoms with Crippen LogP contribution in [0.15, 0.2) is 22.7 Å². The third-order valence-corrected chi connectivity index (χ3v) is 3.54. The zero-order valence-corrected chi connectivity index (χ0v) is 11.9. The number of nitrogens with zero attached hydrogens (tertiary/aromatic N) is 2. The molecule has 0 aromatic heterocycles. The van der Waals surface area contributed by atoms with Crippen molar-refractivity contribution in [2.75, 3.05) is 26.2 Å². The van der Waals surface area contributed by atoms with E-state index in [0.717, 1.165) is 10.9 Å². The predicted octanol–water partition coefficient (Wildman–Crippen LogP) is 2.02. The van der Waals surface area contributed by atoms with Gasteiger partial charge in [-0.1, -0.05) is 27.5 Å². The largest absolute Gasteiger partial charge is 0.342 e. The topological polar surface area (TPSA) is 40.6 Å². The molecule has 0 saturated carbocycles. The molecule has 0 radical (unpaired) electrons. The van der Waals surface area contributed by atoms with Crippen molar-refractivity contribution in [1.82, 2.24) is 9.80 Å². The lowest BCUT2D eigenvalue weighted by atomic mass is 10.2. The standard InChI is InChI=1S/C12H12BrClN2O2/c13-10-5-9(6-11(14)7-10)12(18)16-3-1-15(8-17)2-4-16/h5-8H,1-4H2. The first-order chi connectivity index (χ1) is 8.60. The number of carbonyl (C=O) groups is 2. The average molecular weight is 332 g/mol. The molecule has 1 saturated heterocycles. The van der Waals surface area contributed by atoms with Gasteiger partial charge in [0.25, 0.3) is 5.91 Å². The van der Waals surface area contributed by atoms with Crippen LogP contribution in [-0.4, -0.2) is 48.3 Å². The summed E-state index contributed by atoms with van der Waals surface area (Å²) in [6, 6.07) is 5.14. The summed E-state index contributed by atoms with van der Waals surface area (Å²) in [5.74, 6) is -0.0521. The second kappa shape index (κ2) is 5.71. The Balaban J connectivity index is 2.10. The minimum atomic E-state index is -0.0521. The van der Waals surface area contributed by atoms with Gasteiger partial charge in [0.2, 0.25) is 6.41 Å². The van der Waals surface area contributed by atoms with Gasteiger partial charge in [0.05, 0.1) is 0 Å². The lowest BCUT2D eigenvalue weighted by Gasteiger charge is -2.32. The van der Waals surface area contributed by atoms with Crippen molar-refractivity contribution in [2.45, 2.75) is 0 Å². The van der Waals surface area contributed by atoms with Crippen molar-refractivity contribution in [3.63, 3.8) is 0 Å². The van der Waals surface area contributed by atoms with Crippen LogP contribution in [0, 0.1) is 0 Å². The third-order valence-electron chi connectivity index (χ3n) is 2.86. The summed E-state index contributed by atoms with van der Waals surface area (Å²) in [7, 11) is 0. The minimum Gasteiger partial charge on any atom is -0.342 e. The predicted molar refractivity (Wildman–Crippen MR) is 72.7 cm³/mol. The second-order valence-electron chi connectivity index (χ2n) is 4.09. The van der Waals surface area contributed by atoms with E-state index < -0.39 is 0 Å². The summed E-state index contributed by atoms with van der Waals surface area (Å²) in [6.07, 6.45) is 0.817. The van der Waals surface area contributed by atoms with Crippen LogP contribution in [0.2, 0.25) is 5.02 Å². The highest BCUT2D eigenvalue weighted by Gasteiger charge is 2.21. The van der Waals surface area contributed by atoms with Crippen LogP contribution in [0.25, 0.3) is 0 Å². The monoisotopic (exact) mass is 330 g/mol. The fraction of sp³-hybridized carbons (Fsp3) is 0.333. The highest BCUT2D eigenvalue weighted by Crippen LogP contribution is 2.21. The van der Waals surface area contributed by atoms with Crippen molar-refractivity contribution < 1.29 is 9.59 Å². The molecule has 6 heteroatoms. The Morgan fingerprint density at radius 2 is 1.89 bits per heavy atom. The van der Waals surface area contributed by atoms with E-state index in [1.54, 1.807) is 28.0 Å². The number of carbonyl (C=O) groups excluding carboxylic acids is 2. The molecule has 0 aliphatic carbocycles. The molecule has 1 aromatic carbocycles. The van der Waals surface area contributed by atoms with Gasteiger partial charge in [-0.25, -0.2) is 0 Å². The van der Waals surface area contributed by atoms with E-state index in [2.05, 4.69) is 15.9 Å². The molecule has 0 bridgehead atoms. The molecule has 96 valence electrons. The Morgan fingerprint density at radius 3 is 2.44 bits per heavy atom. The summed E-state index contributed by atoms with van der Waals surface area (Å²) < 4.78 is 0.782. The Morgan fingerprint density at radius 1 is 1.22 bits per heavy atom. The number of benzene rings is 1. The van der Waals surface area contributed by atoms with Gasteiger partial charge in [0.1, 0.15) is 0 Å². The number of hydrogen-bond donors (Lipinski definition) is 0. The van der Waals surface area contributed by atoms with Crippen molar-refractivity contribution in [3.05, 3.63) is 33.3 Å². The molecule has 1 aliphatic rings. The second-order valence-corrected chi connectivity index (χ2v) is 5.44. The third kappa shape index (κ3) is 3.03. The van der Waals surface area contributed by atoms with Crippen LogP contribution < -0.4 is 0 Å². The Bertz CT molecular complexity index is 453. The van der Waals surface area contributed by atoms with Crippen molar-refractivity contribution >= 4 is 39.8 Å². The molecule has 18 heavy (non-hydrogen) atoms. The smallest absolute Gasteiger partial charge is 0.254 e. The summed E-state index contributed by atoms with van der Waals surface area (Å²) in [4.78, 5) is 26.2. The van der Waals surface area contributed by atoms with E-state index in [9.17, 15) is 9.59 Å². The van der Waals surface area contributed by atoms with Gasteiger partial charge in [-0.2, -0.15) is 0 Å². The average Bonchev–Trinajstić information content (AvgIpc) is 2.37. The van der Waals surface area contributed by atoms with Crippen molar-refractivity contribution in [1.29, 1.82) is 0 Å². The van der Waals surface area contributed by atoms with Crippen molar-refractivity contribution in [2.24, 2.45) is 0 Å². The normalized spacial score (nSPS) is 15.7. The quantitative estimate of drug-likeness (QED) is 0.778. The summed E-state index contributed by atoms with van der Waals surface area (Å²) in [5.41, 5.74) is 0.564. The number of piperazine rings is 1. The van der Waals surface area contributed by atoms with Gasteiger partial charge in [0.15, 0.2) is 0 Å². The first-order valence-electron chi connectivity index (χ1n) is 5.55. The van der Waals surface area contributed by atoms with Gasteiger partial charge >= 0.3 is 0 Å². The summed E-state index contributed by atoms with van der Waals surface area (Å²) in [6.45, 7) is 2.28. The number of rotatable bonds is 2. The van der Waals surface area contributed by atoms with Gasteiger partial charge in [0, 0.05) is 41.2 Å². The number of halogens is 2. The van der Waals surface area contributed by atoms with E-state index in [4.69, 9.17) is 11.6 Å². The highest BCUT2D eigenvalue weighted by molar-refractivity contribution is 9.10. The number of hydrogen-bond acceptors (Lipinski definition) is 2. The first kappa shape index (κ1) is 13.4. The molecule has 1 aromatic rings. The molecule has 2 rings (SSSR count). The van der Waals surface area contributed by atoms with E-state index in [-0.39, 0.29) is 5.91 Å². The fourth-order valence-corrected chi connectivity index (χ4v) is 2.75. The first-order valence-corrected chi connectivity index (χ1v) is 6.72. The molecule has 0 atom stereocenters. The lowest BCUT2D eigenvalue weighted by molar-refractivity contribution is -0.119. The van der Waals surface area contributed by atoms with E-state index in [1.807, 2.05) is 0 Å². The highest BCUT2D eigenvalue weighted by atomic mass is 79.9. The zero-order valence-electron chi connectivity index (χ0n) is 9.60. The van der Waals surface area contributed by atoms with Crippen LogP contribution >= 0.6 is 27.5 Å². The Labute approximate surface area is 119 Å². The van der Waals surface area contributed by atoms with Crippen LogP contribution in [-0.2, 0) is 4.79 Å². The Kier molecular flexibility index (Phi) is 4.24. The van der Waals surface area contributed by atoms with E-state index in [0.29, 0.717) is 36.8 Å². The molecule has 0 spiro atoms. The van der Waals surface area contributed by atoms with Crippen LogP contribution in [0.4, 0.5) is 0 Å². The summed E-state index contributed by atoms with van der Waals surface area (Å²) in [5, 5.41) is 0.527. The zero-order chi connectivity index (χ0) is 13.1. The van der Waals surface area contributed by atoms with Crippen LogP contribution in [0.3, 0.4) is 0 Å². The maximum Gasteiger partial charge on any atom is 0.254 e. The molecular weight excluding hydrogens is 320 g/mol. The maximum absolute atomic E-state index is 12.2. The van der Waals surface area contributed by atoms with E-state index in [1.165, 1.54) is 0 Å². The molecule has 1 fully saturated rings. The fourth-order valence-electron chi connectivity index (χ4n) is 1.89. The molecule has 2 amide bonds. The molecule has 0 unspecified atom stereocenters. The number of amides is 2. The molecular formula is C12H12BrClN2O2. The van der Waals surface area contributed by atoms with Crippen molar-refractivity contribution in [3.8, 4) is 0 Å². The van der Waals surface area contributed by atoms with Gasteiger partial charge in [-0.15, -0.1) is 0 Å². The van der Waals surface area contributed by atoms with Gasteiger partial charge in [-0.05, 0) is 18.2 Å². The SMILES string of the molecule is O=CN1CCN(C(=O)c2cc(Cl)cc(Br)c2)CC1. The molecule has 4 nitrogen and oxygen atoms in total. The van der Waals surface area contributed by atoms with Gasteiger partial charge in [-0.3, -0.25) is 9.59 Å². The maximum atomic E-state index is 12.2. The molecule has 0 N–H and O–H groups in total. The molecule has 1 aliphatic heterocycles. The minimum absolute atomic E-state index is 0.0521. The van der Waals surface area contributed by atoms with E-state index >= 15 is 0 Å². The Hall–Kier alpha value is -1.07. The molecule has 1 heterocycles. The lowest BCUT2D eigenvalue weighted by Crippen LogP contribution is -2.48. The summed E-state index contributed by atoms with van der Waals surface area (Å²) >= 11 is 9.24. The van der Waals surface area contributed by atoms with Crippen LogP contribution in [0.5, 0.6) is 0 Å². The van der Waals surface area contributed by atoms with Crippen LogP contribution in [0.1, 0.15) is 10.4 Å². The van der Waals surface area contributed by atoms with Gasteiger partial charge < -0.3 is 9.80 Å².